The van der Waals surface area contributed by atoms with Crippen LogP contribution in [0.5, 0.6) is 0 Å². The van der Waals surface area contributed by atoms with Gasteiger partial charge in [-0.15, -0.1) is 0 Å². The highest BCUT2D eigenvalue weighted by atomic mass is 16.3. The number of hydrogen-bond acceptors (Lipinski definition) is 1. The van der Waals surface area contributed by atoms with E-state index in [9.17, 15) is 5.11 Å². The molecule has 80 valence electrons. The van der Waals surface area contributed by atoms with Gasteiger partial charge in [0.2, 0.25) is 0 Å². The molecule has 2 rings (SSSR count). The highest BCUT2D eigenvalue weighted by molar-refractivity contribution is 5.81. The summed E-state index contributed by atoms with van der Waals surface area (Å²) in [5.41, 5.74) is 1.71. The molecule has 1 aromatic heterocycles. The molecule has 0 atom stereocenters. The van der Waals surface area contributed by atoms with Crippen molar-refractivity contribution in [3.63, 3.8) is 0 Å². The standard InChI is InChI=1S/C13H17NO/c1-10-8-11-6-4-5-7-12(11)14(10)9-13(2,3)15/h4-8,15H,9H2,1-3H3. The Hall–Kier alpha value is -1.28. The molecule has 0 radical (unpaired) electrons. The molecule has 0 aliphatic heterocycles. The van der Waals surface area contributed by atoms with Crippen LogP contribution in [-0.4, -0.2) is 15.3 Å². The quantitative estimate of drug-likeness (QED) is 0.797. The summed E-state index contributed by atoms with van der Waals surface area (Å²) in [5.74, 6) is 0. The Morgan fingerprint density at radius 3 is 2.60 bits per heavy atom. The normalized spacial score (nSPS) is 12.3. The van der Waals surface area contributed by atoms with Crippen LogP contribution in [0.4, 0.5) is 0 Å². The van der Waals surface area contributed by atoms with Crippen LogP contribution < -0.4 is 0 Å². The molecule has 15 heavy (non-hydrogen) atoms. The number of hydrogen-bond donors (Lipinski definition) is 1. The molecule has 0 bridgehead atoms. The number of benzene rings is 1. The summed E-state index contributed by atoms with van der Waals surface area (Å²) in [4.78, 5) is 0. The van der Waals surface area contributed by atoms with Gasteiger partial charge in [0.05, 0.1) is 12.1 Å². The van der Waals surface area contributed by atoms with E-state index in [0.29, 0.717) is 6.54 Å². The van der Waals surface area contributed by atoms with E-state index in [-0.39, 0.29) is 0 Å². The zero-order valence-corrected chi connectivity index (χ0v) is 9.49. The number of aromatic nitrogens is 1. The monoisotopic (exact) mass is 203 g/mol. The highest BCUT2D eigenvalue weighted by Crippen LogP contribution is 2.21. The van der Waals surface area contributed by atoms with Gasteiger partial charge in [0.25, 0.3) is 0 Å². The van der Waals surface area contributed by atoms with Gasteiger partial charge in [-0.3, -0.25) is 0 Å². The molecule has 2 aromatic rings. The van der Waals surface area contributed by atoms with E-state index >= 15 is 0 Å². The minimum Gasteiger partial charge on any atom is -0.389 e. The van der Waals surface area contributed by atoms with Crippen molar-refractivity contribution >= 4 is 10.9 Å². The lowest BCUT2D eigenvalue weighted by molar-refractivity contribution is 0.0623. The maximum Gasteiger partial charge on any atom is 0.0770 e. The van der Waals surface area contributed by atoms with Gasteiger partial charge >= 0.3 is 0 Å². The third-order valence-corrected chi connectivity index (χ3v) is 2.56. The first-order chi connectivity index (χ1) is 6.97. The van der Waals surface area contributed by atoms with E-state index in [2.05, 4.69) is 29.7 Å². The predicted octanol–water partition coefficient (Wildman–Crippen LogP) is 2.72. The zero-order valence-electron chi connectivity index (χ0n) is 9.49. The Morgan fingerprint density at radius 1 is 1.27 bits per heavy atom. The number of aryl methyl sites for hydroxylation is 1. The fourth-order valence-corrected chi connectivity index (χ4v) is 1.95. The van der Waals surface area contributed by atoms with Gasteiger partial charge in [0.1, 0.15) is 0 Å². The van der Waals surface area contributed by atoms with E-state index in [1.54, 1.807) is 0 Å². The lowest BCUT2D eigenvalue weighted by Gasteiger charge is -2.20. The molecule has 0 unspecified atom stereocenters. The van der Waals surface area contributed by atoms with E-state index in [4.69, 9.17) is 0 Å². The minimum absolute atomic E-state index is 0.631. The Kier molecular flexibility index (Phi) is 2.31. The lowest BCUT2D eigenvalue weighted by Crippen LogP contribution is -2.26. The van der Waals surface area contributed by atoms with Crippen LogP contribution >= 0.6 is 0 Å². The summed E-state index contributed by atoms with van der Waals surface area (Å²) in [6.07, 6.45) is 0. The average molecular weight is 203 g/mol. The largest absolute Gasteiger partial charge is 0.389 e. The van der Waals surface area contributed by atoms with Crippen LogP contribution in [0.15, 0.2) is 30.3 Å². The van der Waals surface area contributed by atoms with Gasteiger partial charge in [-0.05, 0) is 38.3 Å². The summed E-state index contributed by atoms with van der Waals surface area (Å²) in [6, 6.07) is 10.4. The second-order valence-electron chi connectivity index (χ2n) is 4.74. The average Bonchev–Trinajstić information content (AvgIpc) is 2.41. The molecule has 0 spiro atoms. The van der Waals surface area contributed by atoms with E-state index < -0.39 is 5.60 Å². The first-order valence-electron chi connectivity index (χ1n) is 5.25. The molecule has 0 aliphatic carbocycles. The second-order valence-corrected chi connectivity index (χ2v) is 4.74. The first kappa shape index (κ1) is 10.2. The van der Waals surface area contributed by atoms with Crippen LogP contribution in [0.1, 0.15) is 19.5 Å². The summed E-state index contributed by atoms with van der Waals surface area (Å²) in [6.45, 7) is 6.38. The van der Waals surface area contributed by atoms with Crippen LogP contribution in [0, 0.1) is 6.92 Å². The molecule has 1 aromatic carbocycles. The van der Waals surface area contributed by atoms with Gasteiger partial charge in [-0.1, -0.05) is 18.2 Å². The second kappa shape index (κ2) is 3.38. The van der Waals surface area contributed by atoms with Crippen LogP contribution in [0.3, 0.4) is 0 Å². The van der Waals surface area contributed by atoms with Crippen molar-refractivity contribution in [2.24, 2.45) is 0 Å². The van der Waals surface area contributed by atoms with Crippen molar-refractivity contribution in [1.29, 1.82) is 0 Å². The summed E-state index contributed by atoms with van der Waals surface area (Å²) < 4.78 is 2.16. The fourth-order valence-electron chi connectivity index (χ4n) is 1.95. The predicted molar refractivity (Wildman–Crippen MR) is 63.0 cm³/mol. The Morgan fingerprint density at radius 2 is 1.93 bits per heavy atom. The van der Waals surface area contributed by atoms with E-state index in [1.807, 2.05) is 26.0 Å². The van der Waals surface area contributed by atoms with Crippen molar-refractivity contribution < 1.29 is 5.11 Å². The van der Waals surface area contributed by atoms with Crippen molar-refractivity contribution in [3.05, 3.63) is 36.0 Å². The Balaban J connectivity index is 2.54. The maximum atomic E-state index is 9.85. The molecule has 1 heterocycles. The van der Waals surface area contributed by atoms with Gasteiger partial charge in [-0.25, -0.2) is 0 Å². The third-order valence-electron chi connectivity index (χ3n) is 2.56. The number of rotatable bonds is 2. The Labute approximate surface area is 90.2 Å². The lowest BCUT2D eigenvalue weighted by atomic mass is 10.1. The molecular formula is C13H17NO. The molecule has 2 heteroatoms. The van der Waals surface area contributed by atoms with Crippen LogP contribution in [0.2, 0.25) is 0 Å². The fraction of sp³-hybridized carbons (Fsp3) is 0.385. The summed E-state index contributed by atoms with van der Waals surface area (Å²) in [7, 11) is 0. The maximum absolute atomic E-state index is 9.85. The third kappa shape index (κ3) is 2.05. The van der Waals surface area contributed by atoms with Crippen molar-refractivity contribution in [1.82, 2.24) is 4.57 Å². The molecular weight excluding hydrogens is 186 g/mol. The molecule has 0 fully saturated rings. The molecule has 2 nitrogen and oxygen atoms in total. The molecule has 0 saturated heterocycles. The minimum atomic E-state index is -0.674. The topological polar surface area (TPSA) is 25.2 Å². The number of para-hydroxylation sites is 1. The Bertz CT molecular complexity index is 477. The summed E-state index contributed by atoms with van der Waals surface area (Å²) >= 11 is 0. The smallest absolute Gasteiger partial charge is 0.0770 e. The zero-order chi connectivity index (χ0) is 11.1. The molecule has 1 N–H and O–H groups in total. The number of aliphatic hydroxyl groups is 1. The molecule has 0 saturated carbocycles. The SMILES string of the molecule is Cc1cc2ccccc2n1CC(C)(C)O. The van der Waals surface area contributed by atoms with Crippen LogP contribution in [-0.2, 0) is 6.54 Å². The number of nitrogens with zero attached hydrogens (tertiary/aromatic N) is 1. The van der Waals surface area contributed by atoms with Crippen molar-refractivity contribution in [2.75, 3.05) is 0 Å². The van der Waals surface area contributed by atoms with E-state index in [1.165, 1.54) is 16.6 Å². The van der Waals surface area contributed by atoms with Crippen molar-refractivity contribution in [3.8, 4) is 0 Å². The molecule has 0 aliphatic rings. The van der Waals surface area contributed by atoms with Gasteiger partial charge in [0.15, 0.2) is 0 Å². The van der Waals surface area contributed by atoms with Crippen molar-refractivity contribution in [2.45, 2.75) is 32.9 Å². The van der Waals surface area contributed by atoms with Gasteiger partial charge in [0, 0.05) is 11.2 Å². The first-order valence-corrected chi connectivity index (χ1v) is 5.25. The number of fused-ring (bicyclic) bond motifs is 1. The summed E-state index contributed by atoms with van der Waals surface area (Å²) in [5, 5.41) is 11.1. The highest BCUT2D eigenvalue weighted by Gasteiger charge is 2.16. The van der Waals surface area contributed by atoms with Crippen LogP contribution in [0.25, 0.3) is 10.9 Å². The molecule has 0 amide bonds. The van der Waals surface area contributed by atoms with Gasteiger partial charge in [-0.2, -0.15) is 0 Å². The van der Waals surface area contributed by atoms with Gasteiger partial charge < -0.3 is 9.67 Å². The van der Waals surface area contributed by atoms with E-state index in [0.717, 1.165) is 0 Å².